The third kappa shape index (κ3) is 4.64. The van der Waals surface area contributed by atoms with Gasteiger partial charge >= 0.3 is 0 Å². The molecule has 1 amide bonds. The van der Waals surface area contributed by atoms with E-state index < -0.39 is 5.60 Å². The molecule has 0 aliphatic rings. The molecule has 6 heteroatoms. The van der Waals surface area contributed by atoms with Crippen molar-refractivity contribution in [1.29, 1.82) is 0 Å². The van der Waals surface area contributed by atoms with Crippen LogP contribution in [0.3, 0.4) is 0 Å². The Morgan fingerprint density at radius 2 is 2.00 bits per heavy atom. The van der Waals surface area contributed by atoms with Crippen LogP contribution < -0.4 is 5.32 Å². The number of benzene rings is 1. The Morgan fingerprint density at radius 1 is 1.29 bits per heavy atom. The molecular formula is C18H25N3O3. The number of aryl methyl sites for hydroxylation is 1. The minimum atomic E-state index is -0.846. The SMILES string of the molecule is CCCC(O)(CCC)CNC(=O)c1cccc(-c2noc(C)n2)c1. The summed E-state index contributed by atoms with van der Waals surface area (Å²) >= 11 is 0. The number of nitrogens with zero attached hydrogens (tertiary/aromatic N) is 2. The summed E-state index contributed by atoms with van der Waals surface area (Å²) in [7, 11) is 0. The van der Waals surface area contributed by atoms with Crippen LogP contribution in [0, 0.1) is 6.92 Å². The third-order valence-corrected chi connectivity index (χ3v) is 3.92. The zero-order valence-electron chi connectivity index (χ0n) is 14.5. The molecule has 0 spiro atoms. The summed E-state index contributed by atoms with van der Waals surface area (Å²) < 4.78 is 4.97. The van der Waals surface area contributed by atoms with Crippen molar-refractivity contribution in [1.82, 2.24) is 15.5 Å². The van der Waals surface area contributed by atoms with Gasteiger partial charge in [-0.2, -0.15) is 4.98 Å². The maximum atomic E-state index is 12.4. The minimum Gasteiger partial charge on any atom is -0.388 e. The molecule has 0 atom stereocenters. The lowest BCUT2D eigenvalue weighted by atomic mass is 9.92. The number of nitrogens with one attached hydrogen (secondary N) is 1. The second-order valence-corrected chi connectivity index (χ2v) is 6.12. The molecule has 1 heterocycles. The van der Waals surface area contributed by atoms with E-state index in [4.69, 9.17) is 4.52 Å². The highest BCUT2D eigenvalue weighted by Gasteiger charge is 2.25. The molecule has 0 radical (unpaired) electrons. The van der Waals surface area contributed by atoms with E-state index >= 15 is 0 Å². The quantitative estimate of drug-likeness (QED) is 0.776. The van der Waals surface area contributed by atoms with Crippen molar-refractivity contribution in [3.63, 3.8) is 0 Å². The molecule has 6 nitrogen and oxygen atoms in total. The monoisotopic (exact) mass is 331 g/mol. The van der Waals surface area contributed by atoms with Crippen LogP contribution >= 0.6 is 0 Å². The Kier molecular flexibility index (Phi) is 6.09. The molecule has 0 saturated carbocycles. The lowest BCUT2D eigenvalue weighted by molar-refractivity contribution is 0.0213. The van der Waals surface area contributed by atoms with Crippen LogP contribution in [0.1, 0.15) is 55.8 Å². The van der Waals surface area contributed by atoms with E-state index in [1.54, 1.807) is 25.1 Å². The second kappa shape index (κ2) is 8.06. The predicted octanol–water partition coefficient (Wildman–Crippen LogP) is 3.11. The maximum Gasteiger partial charge on any atom is 0.251 e. The van der Waals surface area contributed by atoms with Crippen LogP contribution in [0.15, 0.2) is 28.8 Å². The van der Waals surface area contributed by atoms with Gasteiger partial charge in [0, 0.05) is 24.6 Å². The summed E-state index contributed by atoms with van der Waals surface area (Å²) in [4.78, 5) is 16.6. The standard InChI is InChI=1S/C18H25N3O3/c1-4-9-18(23,10-5-2)12-19-17(22)15-8-6-7-14(11-15)16-20-13(3)24-21-16/h6-8,11,23H,4-5,9-10,12H2,1-3H3,(H,19,22). The van der Waals surface area contributed by atoms with E-state index in [1.165, 1.54) is 0 Å². The van der Waals surface area contributed by atoms with E-state index in [1.807, 2.05) is 19.9 Å². The average Bonchev–Trinajstić information content (AvgIpc) is 3.00. The molecule has 1 aromatic heterocycles. The molecule has 2 N–H and O–H groups in total. The first-order valence-corrected chi connectivity index (χ1v) is 8.39. The molecule has 0 aliphatic carbocycles. The molecular weight excluding hydrogens is 306 g/mol. The summed E-state index contributed by atoms with van der Waals surface area (Å²) in [5, 5.41) is 17.3. The molecule has 0 aliphatic heterocycles. The third-order valence-electron chi connectivity index (χ3n) is 3.92. The highest BCUT2D eigenvalue weighted by atomic mass is 16.5. The van der Waals surface area contributed by atoms with Gasteiger partial charge < -0.3 is 14.9 Å². The first kappa shape index (κ1) is 18.1. The Balaban J connectivity index is 2.07. The van der Waals surface area contributed by atoms with Crippen LogP contribution in [0.25, 0.3) is 11.4 Å². The highest BCUT2D eigenvalue weighted by Crippen LogP contribution is 2.20. The summed E-state index contributed by atoms with van der Waals surface area (Å²) in [6, 6.07) is 7.05. The van der Waals surface area contributed by atoms with Gasteiger partial charge in [0.1, 0.15) is 0 Å². The summed E-state index contributed by atoms with van der Waals surface area (Å²) in [5.41, 5.74) is 0.379. The van der Waals surface area contributed by atoms with Crippen molar-refractivity contribution in [3.8, 4) is 11.4 Å². The Labute approximate surface area is 142 Å². The number of hydrogen-bond acceptors (Lipinski definition) is 5. The number of carbonyl (C=O) groups is 1. The molecule has 0 fully saturated rings. The fraction of sp³-hybridized carbons (Fsp3) is 0.500. The molecule has 0 saturated heterocycles. The van der Waals surface area contributed by atoms with Crippen LogP contribution in [0.5, 0.6) is 0 Å². The topological polar surface area (TPSA) is 88.2 Å². The van der Waals surface area contributed by atoms with Crippen LogP contribution in [-0.2, 0) is 0 Å². The van der Waals surface area contributed by atoms with Gasteiger partial charge in [-0.3, -0.25) is 4.79 Å². The van der Waals surface area contributed by atoms with Crippen molar-refractivity contribution in [3.05, 3.63) is 35.7 Å². The maximum absolute atomic E-state index is 12.4. The fourth-order valence-electron chi connectivity index (χ4n) is 2.80. The second-order valence-electron chi connectivity index (χ2n) is 6.12. The van der Waals surface area contributed by atoms with Gasteiger partial charge in [0.05, 0.1) is 5.60 Å². The molecule has 2 rings (SSSR count). The van der Waals surface area contributed by atoms with E-state index in [-0.39, 0.29) is 12.5 Å². The van der Waals surface area contributed by atoms with Crippen LogP contribution in [0.4, 0.5) is 0 Å². The normalized spacial score (nSPS) is 11.5. The minimum absolute atomic E-state index is 0.220. The molecule has 0 unspecified atom stereocenters. The predicted molar refractivity (Wildman–Crippen MR) is 91.6 cm³/mol. The van der Waals surface area contributed by atoms with Crippen molar-refractivity contribution in [2.75, 3.05) is 6.54 Å². The fourth-order valence-corrected chi connectivity index (χ4v) is 2.80. The van der Waals surface area contributed by atoms with Gasteiger partial charge in [-0.05, 0) is 25.0 Å². The van der Waals surface area contributed by atoms with Gasteiger partial charge in [0.25, 0.3) is 5.91 Å². The lowest BCUT2D eigenvalue weighted by Crippen LogP contribution is -2.42. The van der Waals surface area contributed by atoms with E-state index in [0.29, 0.717) is 30.1 Å². The van der Waals surface area contributed by atoms with Gasteiger partial charge in [-0.25, -0.2) is 0 Å². The number of carbonyl (C=O) groups excluding carboxylic acids is 1. The van der Waals surface area contributed by atoms with Crippen molar-refractivity contribution in [2.45, 2.75) is 52.1 Å². The van der Waals surface area contributed by atoms with Crippen LogP contribution in [-0.4, -0.2) is 33.3 Å². The molecule has 0 bridgehead atoms. The van der Waals surface area contributed by atoms with Crippen LogP contribution in [0.2, 0.25) is 0 Å². The van der Waals surface area contributed by atoms with Crippen molar-refractivity contribution >= 4 is 5.91 Å². The number of aliphatic hydroxyl groups is 1. The zero-order chi connectivity index (χ0) is 17.6. The lowest BCUT2D eigenvalue weighted by Gasteiger charge is -2.27. The van der Waals surface area contributed by atoms with Gasteiger partial charge in [0.2, 0.25) is 11.7 Å². The number of rotatable bonds is 8. The Bertz CT molecular complexity index is 676. The first-order valence-electron chi connectivity index (χ1n) is 8.39. The van der Waals surface area contributed by atoms with Crippen molar-refractivity contribution < 1.29 is 14.4 Å². The van der Waals surface area contributed by atoms with E-state index in [9.17, 15) is 9.90 Å². The summed E-state index contributed by atoms with van der Waals surface area (Å²) in [6.45, 7) is 6.02. The summed E-state index contributed by atoms with van der Waals surface area (Å²) in [6.07, 6.45) is 3.09. The Hall–Kier alpha value is -2.21. The first-order chi connectivity index (χ1) is 11.5. The molecule has 1 aromatic carbocycles. The van der Waals surface area contributed by atoms with Gasteiger partial charge in [0.15, 0.2) is 0 Å². The summed E-state index contributed by atoms with van der Waals surface area (Å²) in [5.74, 6) is 0.711. The van der Waals surface area contributed by atoms with E-state index in [0.717, 1.165) is 18.4 Å². The molecule has 2 aromatic rings. The van der Waals surface area contributed by atoms with Gasteiger partial charge in [-0.1, -0.05) is 44.0 Å². The van der Waals surface area contributed by atoms with Crippen molar-refractivity contribution in [2.24, 2.45) is 0 Å². The van der Waals surface area contributed by atoms with Gasteiger partial charge in [-0.15, -0.1) is 0 Å². The molecule has 130 valence electrons. The number of hydrogen-bond donors (Lipinski definition) is 2. The largest absolute Gasteiger partial charge is 0.388 e. The zero-order valence-corrected chi connectivity index (χ0v) is 14.5. The molecule has 24 heavy (non-hydrogen) atoms. The highest BCUT2D eigenvalue weighted by molar-refractivity contribution is 5.95. The number of aromatic nitrogens is 2. The van der Waals surface area contributed by atoms with E-state index in [2.05, 4.69) is 15.5 Å². The number of amides is 1. The average molecular weight is 331 g/mol. The Morgan fingerprint density at radius 3 is 2.58 bits per heavy atom. The smallest absolute Gasteiger partial charge is 0.251 e.